The van der Waals surface area contributed by atoms with Crippen LogP contribution in [-0.2, 0) is 6.42 Å². The average Bonchev–Trinajstić information content (AvgIpc) is 3.16. The molecule has 2 N–H and O–H groups in total. The molecule has 2 aromatic heterocycles. The number of methoxy groups -OCH3 is 2. The Hall–Kier alpha value is -3.20. The Labute approximate surface area is 159 Å². The fourth-order valence-electron chi connectivity index (χ4n) is 2.41. The van der Waals surface area contributed by atoms with Crippen LogP contribution in [0.15, 0.2) is 40.8 Å². The van der Waals surface area contributed by atoms with Gasteiger partial charge in [0.05, 0.1) is 26.2 Å². The molecule has 0 saturated carbocycles. The van der Waals surface area contributed by atoms with E-state index in [1.807, 2.05) is 23.6 Å². The molecule has 0 aliphatic carbocycles. The Morgan fingerprint density at radius 2 is 2.04 bits per heavy atom. The number of nitrogens with one attached hydrogen (secondary N) is 2. The number of aromatic nitrogens is 3. The summed E-state index contributed by atoms with van der Waals surface area (Å²) in [5.41, 5.74) is 1.52. The Morgan fingerprint density at radius 3 is 2.78 bits per heavy atom. The van der Waals surface area contributed by atoms with Crippen molar-refractivity contribution in [2.45, 2.75) is 6.42 Å². The molecule has 3 rings (SSSR count). The quantitative estimate of drug-likeness (QED) is 0.642. The molecule has 1 amide bonds. The van der Waals surface area contributed by atoms with Crippen LogP contribution in [0.4, 0.5) is 0 Å². The number of amides is 1. The molecular formula is C18H18N4O4S. The zero-order valence-corrected chi connectivity index (χ0v) is 15.6. The van der Waals surface area contributed by atoms with Gasteiger partial charge in [-0.15, -0.1) is 11.3 Å². The zero-order valence-electron chi connectivity index (χ0n) is 14.8. The first-order valence-electron chi connectivity index (χ1n) is 8.10. The normalized spacial score (nSPS) is 10.4. The van der Waals surface area contributed by atoms with Crippen molar-refractivity contribution < 1.29 is 14.3 Å². The number of H-pyrrole nitrogens is 1. The molecular weight excluding hydrogens is 368 g/mol. The lowest BCUT2D eigenvalue weighted by atomic mass is 10.2. The second kappa shape index (κ2) is 8.45. The van der Waals surface area contributed by atoms with Gasteiger partial charge in [-0.2, -0.15) is 0 Å². The van der Waals surface area contributed by atoms with Crippen molar-refractivity contribution in [2.24, 2.45) is 0 Å². The van der Waals surface area contributed by atoms with E-state index >= 15 is 0 Å². The van der Waals surface area contributed by atoms with Gasteiger partial charge in [-0.05, 0) is 18.2 Å². The number of benzene rings is 1. The van der Waals surface area contributed by atoms with E-state index in [1.54, 1.807) is 14.2 Å². The molecule has 140 valence electrons. The van der Waals surface area contributed by atoms with E-state index in [2.05, 4.69) is 20.3 Å². The van der Waals surface area contributed by atoms with Gasteiger partial charge < -0.3 is 19.8 Å². The van der Waals surface area contributed by atoms with Crippen LogP contribution in [0.5, 0.6) is 11.5 Å². The molecule has 0 aliphatic rings. The number of carbonyl (C=O) groups is 1. The SMILES string of the molecule is COc1ccc(-c2nc(CCNC(=O)c3cc(=O)[nH]cn3)cs2)cc1OC. The van der Waals surface area contributed by atoms with E-state index in [0.29, 0.717) is 24.5 Å². The second-order valence-corrected chi connectivity index (χ2v) is 6.37. The smallest absolute Gasteiger partial charge is 0.270 e. The standard InChI is InChI=1S/C18H18N4O4S/c1-25-14-4-3-11(7-15(14)26-2)18-22-12(9-27-18)5-6-19-17(24)13-8-16(23)21-10-20-13/h3-4,7-10H,5-6H2,1-2H3,(H,19,24)(H,20,21,23). The molecule has 0 atom stereocenters. The van der Waals surface area contributed by atoms with Crippen LogP contribution < -0.4 is 20.3 Å². The third kappa shape index (κ3) is 4.50. The lowest BCUT2D eigenvalue weighted by molar-refractivity contribution is 0.0949. The Bertz CT molecular complexity index is 999. The number of nitrogens with zero attached hydrogens (tertiary/aromatic N) is 2. The summed E-state index contributed by atoms with van der Waals surface area (Å²) >= 11 is 1.51. The van der Waals surface area contributed by atoms with Crippen molar-refractivity contribution in [1.82, 2.24) is 20.3 Å². The van der Waals surface area contributed by atoms with Crippen LogP contribution in [0.3, 0.4) is 0 Å². The fraction of sp³-hybridized carbons (Fsp3) is 0.222. The summed E-state index contributed by atoms with van der Waals surface area (Å²) in [7, 11) is 3.18. The summed E-state index contributed by atoms with van der Waals surface area (Å²) in [5.74, 6) is 0.912. The first-order chi connectivity index (χ1) is 13.1. The van der Waals surface area contributed by atoms with Crippen molar-refractivity contribution in [1.29, 1.82) is 0 Å². The third-order valence-corrected chi connectivity index (χ3v) is 4.70. The zero-order chi connectivity index (χ0) is 19.2. The van der Waals surface area contributed by atoms with Crippen molar-refractivity contribution in [3.8, 4) is 22.1 Å². The molecule has 0 fully saturated rings. The van der Waals surface area contributed by atoms with Gasteiger partial charge in [0.25, 0.3) is 11.5 Å². The summed E-state index contributed by atoms with van der Waals surface area (Å²) in [5, 5.41) is 5.53. The summed E-state index contributed by atoms with van der Waals surface area (Å²) in [6, 6.07) is 6.80. The number of aromatic amines is 1. The van der Waals surface area contributed by atoms with Gasteiger partial charge in [0, 0.05) is 30.0 Å². The Balaban J connectivity index is 1.61. The molecule has 9 heteroatoms. The minimum atomic E-state index is -0.392. The predicted molar refractivity (Wildman–Crippen MR) is 102 cm³/mol. The van der Waals surface area contributed by atoms with E-state index in [4.69, 9.17) is 9.47 Å². The van der Waals surface area contributed by atoms with Crippen LogP contribution in [0.1, 0.15) is 16.2 Å². The minimum absolute atomic E-state index is 0.0862. The van der Waals surface area contributed by atoms with Gasteiger partial charge in [-0.3, -0.25) is 9.59 Å². The summed E-state index contributed by atoms with van der Waals surface area (Å²) in [4.78, 5) is 34.0. The maximum absolute atomic E-state index is 12.0. The first kappa shape index (κ1) is 18.6. The van der Waals surface area contributed by atoms with Crippen molar-refractivity contribution in [2.75, 3.05) is 20.8 Å². The number of hydrogen-bond donors (Lipinski definition) is 2. The number of carbonyl (C=O) groups excluding carboxylic acids is 1. The highest BCUT2D eigenvalue weighted by Crippen LogP contribution is 2.33. The van der Waals surface area contributed by atoms with Crippen LogP contribution in [0.25, 0.3) is 10.6 Å². The van der Waals surface area contributed by atoms with E-state index < -0.39 is 5.91 Å². The number of hydrogen-bond acceptors (Lipinski definition) is 7. The molecule has 1 aromatic carbocycles. The van der Waals surface area contributed by atoms with Gasteiger partial charge in [0.2, 0.25) is 0 Å². The van der Waals surface area contributed by atoms with Crippen molar-refractivity contribution in [3.05, 3.63) is 57.7 Å². The molecule has 3 aromatic rings. The molecule has 0 unspecified atom stereocenters. The topological polar surface area (TPSA) is 106 Å². The number of ether oxygens (including phenoxy) is 2. The largest absolute Gasteiger partial charge is 0.493 e. The Morgan fingerprint density at radius 1 is 1.22 bits per heavy atom. The van der Waals surface area contributed by atoms with Gasteiger partial charge in [0.15, 0.2) is 11.5 Å². The third-order valence-electron chi connectivity index (χ3n) is 3.76. The number of rotatable bonds is 7. The lowest BCUT2D eigenvalue weighted by Crippen LogP contribution is -2.27. The summed E-state index contributed by atoms with van der Waals surface area (Å²) in [6.45, 7) is 0.391. The average molecular weight is 386 g/mol. The Kier molecular flexibility index (Phi) is 5.82. The van der Waals surface area contributed by atoms with E-state index in [9.17, 15) is 9.59 Å². The molecule has 0 spiro atoms. The van der Waals surface area contributed by atoms with E-state index in [1.165, 1.54) is 17.7 Å². The molecule has 8 nitrogen and oxygen atoms in total. The fourth-order valence-corrected chi connectivity index (χ4v) is 3.26. The van der Waals surface area contributed by atoms with E-state index in [-0.39, 0.29) is 11.3 Å². The van der Waals surface area contributed by atoms with E-state index in [0.717, 1.165) is 22.3 Å². The molecule has 27 heavy (non-hydrogen) atoms. The van der Waals surface area contributed by atoms with Crippen LogP contribution in [0.2, 0.25) is 0 Å². The van der Waals surface area contributed by atoms with Gasteiger partial charge in [-0.1, -0.05) is 0 Å². The monoisotopic (exact) mass is 386 g/mol. The van der Waals surface area contributed by atoms with Crippen molar-refractivity contribution in [3.63, 3.8) is 0 Å². The molecule has 0 bridgehead atoms. The molecule has 0 saturated heterocycles. The molecule has 0 aliphatic heterocycles. The van der Waals surface area contributed by atoms with Crippen LogP contribution >= 0.6 is 11.3 Å². The first-order valence-corrected chi connectivity index (χ1v) is 8.98. The summed E-state index contributed by atoms with van der Waals surface area (Å²) in [6.07, 6.45) is 1.77. The highest BCUT2D eigenvalue weighted by Gasteiger charge is 2.11. The maximum atomic E-state index is 12.0. The maximum Gasteiger partial charge on any atom is 0.270 e. The summed E-state index contributed by atoms with van der Waals surface area (Å²) < 4.78 is 10.6. The lowest BCUT2D eigenvalue weighted by Gasteiger charge is -2.08. The number of thiazole rings is 1. The van der Waals surface area contributed by atoms with Crippen LogP contribution in [0, 0.1) is 0 Å². The highest BCUT2D eigenvalue weighted by atomic mass is 32.1. The molecule has 2 heterocycles. The predicted octanol–water partition coefficient (Wildman–Crippen LogP) is 1.88. The van der Waals surface area contributed by atoms with Gasteiger partial charge in [-0.25, -0.2) is 9.97 Å². The van der Waals surface area contributed by atoms with Crippen LogP contribution in [-0.4, -0.2) is 41.6 Å². The molecule has 0 radical (unpaired) electrons. The van der Waals surface area contributed by atoms with Crippen molar-refractivity contribution >= 4 is 17.2 Å². The second-order valence-electron chi connectivity index (χ2n) is 5.52. The minimum Gasteiger partial charge on any atom is -0.493 e. The van der Waals surface area contributed by atoms with Gasteiger partial charge in [0.1, 0.15) is 10.7 Å². The van der Waals surface area contributed by atoms with Gasteiger partial charge >= 0.3 is 0 Å². The highest BCUT2D eigenvalue weighted by molar-refractivity contribution is 7.13.